The van der Waals surface area contributed by atoms with E-state index in [0.29, 0.717) is 5.92 Å². The molecule has 18 heavy (non-hydrogen) atoms. The van der Waals surface area contributed by atoms with Crippen molar-refractivity contribution >= 4 is 5.69 Å². The summed E-state index contributed by atoms with van der Waals surface area (Å²) in [6.07, 6.45) is 1.00. The number of aliphatic hydroxyl groups is 1. The zero-order valence-corrected chi connectivity index (χ0v) is 10.5. The Morgan fingerprint density at radius 3 is 2.94 bits per heavy atom. The molecule has 0 aliphatic carbocycles. The van der Waals surface area contributed by atoms with Crippen molar-refractivity contribution in [3.63, 3.8) is 0 Å². The zero-order valence-electron chi connectivity index (χ0n) is 10.5. The zero-order chi connectivity index (χ0) is 13.1. The fourth-order valence-electron chi connectivity index (χ4n) is 2.49. The van der Waals surface area contributed by atoms with E-state index in [1.807, 2.05) is 6.07 Å². The Morgan fingerprint density at radius 2 is 2.33 bits per heavy atom. The molecule has 2 rings (SSSR count). The highest BCUT2D eigenvalue weighted by Crippen LogP contribution is 2.24. The molecule has 1 unspecified atom stereocenters. The van der Waals surface area contributed by atoms with Gasteiger partial charge in [0.25, 0.3) is 5.69 Å². The predicted molar refractivity (Wildman–Crippen MR) is 68.3 cm³/mol. The van der Waals surface area contributed by atoms with Crippen LogP contribution in [-0.4, -0.2) is 34.6 Å². The van der Waals surface area contributed by atoms with E-state index in [1.54, 1.807) is 19.1 Å². The summed E-state index contributed by atoms with van der Waals surface area (Å²) in [5.74, 6) is 0.351. The van der Waals surface area contributed by atoms with Crippen LogP contribution in [0.5, 0.6) is 0 Å². The maximum absolute atomic E-state index is 10.9. The standard InChI is InChI=1S/C13H18N2O3/c1-10-12(3-2-4-13(10)15(17)18)8-14-6-5-11(7-14)9-16/h2-4,11,16H,5-9H2,1H3. The van der Waals surface area contributed by atoms with Crippen molar-refractivity contribution in [3.8, 4) is 0 Å². The van der Waals surface area contributed by atoms with Crippen LogP contribution >= 0.6 is 0 Å². The van der Waals surface area contributed by atoms with Crippen LogP contribution in [-0.2, 0) is 6.54 Å². The van der Waals surface area contributed by atoms with Crippen molar-refractivity contribution in [2.75, 3.05) is 19.7 Å². The van der Waals surface area contributed by atoms with Gasteiger partial charge in [0.15, 0.2) is 0 Å². The van der Waals surface area contributed by atoms with Crippen LogP contribution in [0.25, 0.3) is 0 Å². The third kappa shape index (κ3) is 2.68. The molecular weight excluding hydrogens is 232 g/mol. The minimum atomic E-state index is -0.334. The van der Waals surface area contributed by atoms with Crippen molar-refractivity contribution in [3.05, 3.63) is 39.4 Å². The minimum Gasteiger partial charge on any atom is -0.396 e. The molecule has 5 nitrogen and oxygen atoms in total. The number of nitrogens with zero attached hydrogens (tertiary/aromatic N) is 2. The molecule has 1 aromatic carbocycles. The summed E-state index contributed by atoms with van der Waals surface area (Å²) in [5.41, 5.74) is 1.93. The summed E-state index contributed by atoms with van der Waals surface area (Å²) in [6, 6.07) is 5.22. The molecular formula is C13H18N2O3. The second-order valence-corrected chi connectivity index (χ2v) is 4.89. The summed E-state index contributed by atoms with van der Waals surface area (Å²) < 4.78 is 0. The minimum absolute atomic E-state index is 0.186. The average molecular weight is 250 g/mol. The van der Waals surface area contributed by atoms with Crippen LogP contribution in [0.15, 0.2) is 18.2 Å². The monoisotopic (exact) mass is 250 g/mol. The van der Waals surface area contributed by atoms with E-state index in [0.717, 1.165) is 37.2 Å². The fraction of sp³-hybridized carbons (Fsp3) is 0.538. The highest BCUT2D eigenvalue weighted by atomic mass is 16.6. The first kappa shape index (κ1) is 13.0. The Hall–Kier alpha value is -1.46. The van der Waals surface area contributed by atoms with Gasteiger partial charge in [-0.2, -0.15) is 0 Å². The van der Waals surface area contributed by atoms with Crippen molar-refractivity contribution in [1.82, 2.24) is 4.90 Å². The van der Waals surface area contributed by atoms with E-state index < -0.39 is 0 Å². The Bertz CT molecular complexity index is 448. The lowest BCUT2D eigenvalue weighted by Crippen LogP contribution is -2.21. The SMILES string of the molecule is Cc1c(CN2CCC(CO)C2)cccc1[N+](=O)[O-]. The van der Waals surface area contributed by atoms with Crippen molar-refractivity contribution in [2.24, 2.45) is 5.92 Å². The number of aliphatic hydroxyl groups excluding tert-OH is 1. The number of likely N-dealkylation sites (tertiary alicyclic amines) is 1. The van der Waals surface area contributed by atoms with Crippen LogP contribution in [0.4, 0.5) is 5.69 Å². The van der Waals surface area contributed by atoms with E-state index in [1.165, 1.54) is 0 Å². The summed E-state index contributed by atoms with van der Waals surface area (Å²) in [6.45, 7) is 4.58. The molecule has 0 spiro atoms. The quantitative estimate of drug-likeness (QED) is 0.652. The first-order chi connectivity index (χ1) is 8.61. The normalized spacial score (nSPS) is 20.2. The largest absolute Gasteiger partial charge is 0.396 e. The van der Waals surface area contributed by atoms with Crippen molar-refractivity contribution < 1.29 is 10.0 Å². The molecule has 1 N–H and O–H groups in total. The van der Waals surface area contributed by atoms with Crippen LogP contribution in [0.1, 0.15) is 17.5 Å². The smallest absolute Gasteiger partial charge is 0.272 e. The third-order valence-electron chi connectivity index (χ3n) is 3.64. The van der Waals surface area contributed by atoms with Crippen LogP contribution in [0.2, 0.25) is 0 Å². The van der Waals surface area contributed by atoms with Gasteiger partial charge in [-0.05, 0) is 31.4 Å². The van der Waals surface area contributed by atoms with Gasteiger partial charge in [0.1, 0.15) is 0 Å². The van der Waals surface area contributed by atoms with Gasteiger partial charge in [-0.15, -0.1) is 0 Å². The molecule has 0 aromatic heterocycles. The van der Waals surface area contributed by atoms with Gasteiger partial charge in [0, 0.05) is 31.3 Å². The predicted octanol–water partition coefficient (Wildman–Crippen LogP) is 1.72. The molecule has 5 heteroatoms. The second kappa shape index (κ2) is 5.46. The molecule has 1 heterocycles. The first-order valence-corrected chi connectivity index (χ1v) is 6.18. The van der Waals surface area contributed by atoms with E-state index in [4.69, 9.17) is 5.11 Å². The Balaban J connectivity index is 2.10. The van der Waals surface area contributed by atoms with E-state index >= 15 is 0 Å². The highest BCUT2D eigenvalue weighted by molar-refractivity contribution is 5.44. The number of benzene rings is 1. The molecule has 0 radical (unpaired) electrons. The van der Waals surface area contributed by atoms with E-state index in [-0.39, 0.29) is 17.2 Å². The maximum Gasteiger partial charge on any atom is 0.272 e. The lowest BCUT2D eigenvalue weighted by molar-refractivity contribution is -0.385. The van der Waals surface area contributed by atoms with E-state index in [9.17, 15) is 10.1 Å². The fourth-order valence-corrected chi connectivity index (χ4v) is 2.49. The first-order valence-electron chi connectivity index (χ1n) is 6.18. The molecule has 1 aliphatic heterocycles. The Labute approximate surface area is 106 Å². The van der Waals surface area contributed by atoms with E-state index in [2.05, 4.69) is 4.90 Å². The summed E-state index contributed by atoms with van der Waals surface area (Å²) >= 11 is 0. The van der Waals surface area contributed by atoms with Gasteiger partial charge in [0.05, 0.1) is 4.92 Å². The lowest BCUT2D eigenvalue weighted by atomic mass is 10.1. The summed E-state index contributed by atoms with van der Waals surface area (Å²) in [5, 5.41) is 20.0. The van der Waals surface area contributed by atoms with Crippen LogP contribution < -0.4 is 0 Å². The van der Waals surface area contributed by atoms with Crippen LogP contribution in [0, 0.1) is 23.0 Å². The molecule has 1 atom stereocenters. The van der Waals surface area contributed by atoms with Gasteiger partial charge < -0.3 is 5.11 Å². The number of hydrogen-bond acceptors (Lipinski definition) is 4. The van der Waals surface area contributed by atoms with Crippen molar-refractivity contribution in [2.45, 2.75) is 19.9 Å². The maximum atomic E-state index is 10.9. The van der Waals surface area contributed by atoms with Crippen LogP contribution in [0.3, 0.4) is 0 Å². The van der Waals surface area contributed by atoms with Gasteiger partial charge in [-0.1, -0.05) is 12.1 Å². The van der Waals surface area contributed by atoms with Gasteiger partial charge in [-0.25, -0.2) is 0 Å². The van der Waals surface area contributed by atoms with Gasteiger partial charge in [0.2, 0.25) is 0 Å². The Kier molecular flexibility index (Phi) is 3.93. The average Bonchev–Trinajstić information content (AvgIpc) is 2.79. The van der Waals surface area contributed by atoms with Gasteiger partial charge in [-0.3, -0.25) is 15.0 Å². The summed E-state index contributed by atoms with van der Waals surface area (Å²) in [7, 11) is 0. The van der Waals surface area contributed by atoms with Crippen molar-refractivity contribution in [1.29, 1.82) is 0 Å². The molecule has 1 saturated heterocycles. The van der Waals surface area contributed by atoms with Gasteiger partial charge >= 0.3 is 0 Å². The second-order valence-electron chi connectivity index (χ2n) is 4.89. The molecule has 0 saturated carbocycles. The molecule has 0 amide bonds. The number of nitro groups is 1. The molecule has 1 aliphatic rings. The Morgan fingerprint density at radius 1 is 1.56 bits per heavy atom. The lowest BCUT2D eigenvalue weighted by Gasteiger charge is -2.17. The number of hydrogen-bond donors (Lipinski definition) is 1. The summed E-state index contributed by atoms with van der Waals surface area (Å²) in [4.78, 5) is 12.8. The topological polar surface area (TPSA) is 66.6 Å². The molecule has 1 aromatic rings. The number of nitro benzene ring substituents is 1. The molecule has 1 fully saturated rings. The molecule has 0 bridgehead atoms. The third-order valence-corrected chi connectivity index (χ3v) is 3.64. The molecule has 98 valence electrons. The number of rotatable bonds is 4. The highest BCUT2D eigenvalue weighted by Gasteiger charge is 2.23.